The molecule has 0 atom stereocenters. The van der Waals surface area contributed by atoms with Gasteiger partial charge in [-0.1, -0.05) is 0 Å². The summed E-state index contributed by atoms with van der Waals surface area (Å²) >= 11 is 0. The van der Waals surface area contributed by atoms with Crippen LogP contribution in [0.1, 0.15) is 19.4 Å². The van der Waals surface area contributed by atoms with E-state index in [1.165, 1.54) is 6.07 Å². The maximum Gasteiger partial charge on any atom is 0.184 e. The predicted octanol–water partition coefficient (Wildman–Crippen LogP) is 0.401. The minimum absolute atomic E-state index is 0.0221. The molecule has 0 heterocycles. The Morgan fingerprint density at radius 3 is 2.48 bits per heavy atom. The second-order valence-corrected chi connectivity index (χ2v) is 5.36. The summed E-state index contributed by atoms with van der Waals surface area (Å²) in [6.07, 6.45) is 2.23. The average Bonchev–Trinajstić information content (AvgIpc) is 2.54. The molecular weight excluding hydrogens is 324 g/mol. The number of aliphatic imine (C=N–C) groups is 1. The number of phenols is 1. The third-order valence-corrected chi connectivity index (χ3v) is 2.95. The Kier molecular flexibility index (Phi) is 10.7. The molecule has 140 valence electrons. The number of benzene rings is 1. The average molecular weight is 352 g/mol. The minimum atomic E-state index is -0.0389. The van der Waals surface area contributed by atoms with Gasteiger partial charge in [0.1, 0.15) is 5.75 Å². The fraction of sp³-hybridized carbons (Fsp3) is 0.412. The number of phenolic OH excluding ortho intramolecular Hbond substituents is 1. The van der Waals surface area contributed by atoms with Gasteiger partial charge >= 0.3 is 0 Å². The first-order valence-electron chi connectivity index (χ1n) is 7.73. The van der Waals surface area contributed by atoms with Crippen molar-refractivity contribution in [3.05, 3.63) is 30.0 Å². The Bertz CT molecular complexity index is 580. The molecule has 0 saturated carbocycles. The zero-order valence-corrected chi connectivity index (χ0v) is 15.1. The maximum atomic E-state index is 11.1. The molecule has 0 spiro atoms. The molecule has 0 aliphatic heterocycles. The van der Waals surface area contributed by atoms with Crippen LogP contribution in [-0.4, -0.2) is 65.7 Å². The second kappa shape index (κ2) is 11.9. The summed E-state index contributed by atoms with van der Waals surface area (Å²) in [5.41, 5.74) is 7.48. The molecule has 0 aromatic heterocycles. The molecule has 8 nitrogen and oxygen atoms in total. The molecule has 0 amide bonds. The number of hydrogen-bond donors (Lipinski definition) is 5. The lowest BCUT2D eigenvalue weighted by Crippen LogP contribution is -2.26. The van der Waals surface area contributed by atoms with Crippen molar-refractivity contribution in [3.63, 3.8) is 0 Å². The van der Waals surface area contributed by atoms with Crippen LogP contribution in [0.4, 0.5) is 5.69 Å². The highest BCUT2D eigenvalue weighted by Crippen LogP contribution is 2.24. The van der Waals surface area contributed by atoms with E-state index in [0.29, 0.717) is 29.8 Å². The van der Waals surface area contributed by atoms with E-state index < -0.39 is 0 Å². The van der Waals surface area contributed by atoms with E-state index >= 15 is 0 Å². The zero-order chi connectivity index (χ0) is 19.4. The van der Waals surface area contributed by atoms with Gasteiger partial charge in [0.15, 0.2) is 12.1 Å². The van der Waals surface area contributed by atoms with E-state index in [0.717, 1.165) is 7.11 Å². The molecule has 8 heteroatoms. The van der Waals surface area contributed by atoms with Crippen LogP contribution in [0.5, 0.6) is 5.75 Å². The van der Waals surface area contributed by atoms with E-state index in [4.69, 9.17) is 15.9 Å². The van der Waals surface area contributed by atoms with Crippen molar-refractivity contribution in [1.29, 1.82) is 0 Å². The van der Waals surface area contributed by atoms with E-state index in [9.17, 15) is 9.90 Å². The van der Waals surface area contributed by atoms with Gasteiger partial charge in [0.25, 0.3) is 0 Å². The summed E-state index contributed by atoms with van der Waals surface area (Å²) in [5.74, 6) is 0.234. The number of aliphatic hydroxyl groups is 2. The Labute approximate surface area is 148 Å². The third-order valence-electron chi connectivity index (χ3n) is 2.95. The lowest BCUT2D eigenvalue weighted by Gasteiger charge is -2.22. The van der Waals surface area contributed by atoms with Gasteiger partial charge in [-0.15, -0.1) is 0 Å². The first kappa shape index (κ1) is 22.4. The van der Waals surface area contributed by atoms with Crippen LogP contribution in [0.15, 0.2) is 29.4 Å². The van der Waals surface area contributed by atoms with Crippen molar-refractivity contribution in [2.45, 2.75) is 19.9 Å². The van der Waals surface area contributed by atoms with Gasteiger partial charge in [0.2, 0.25) is 0 Å². The first-order chi connectivity index (χ1) is 11.9. The van der Waals surface area contributed by atoms with Crippen molar-refractivity contribution in [3.8, 4) is 5.75 Å². The fourth-order valence-corrected chi connectivity index (χ4v) is 1.99. The number of aldehydes is 1. The first-order valence-corrected chi connectivity index (χ1v) is 7.73. The van der Waals surface area contributed by atoms with Gasteiger partial charge < -0.3 is 31.3 Å². The van der Waals surface area contributed by atoms with Crippen molar-refractivity contribution in [2.75, 3.05) is 33.0 Å². The molecule has 0 fully saturated rings. The Balaban J connectivity index is 0.00000277. The highest BCUT2D eigenvalue weighted by atomic mass is 16.3. The quantitative estimate of drug-likeness (QED) is 0.208. The molecule has 25 heavy (non-hydrogen) atoms. The van der Waals surface area contributed by atoms with Gasteiger partial charge in [-0.2, -0.15) is 0 Å². The smallest absolute Gasteiger partial charge is 0.184 e. The maximum absolute atomic E-state index is 11.1. The molecule has 1 aromatic rings. The minimum Gasteiger partial charge on any atom is -0.508 e. The number of carbonyl (C=O) groups is 1. The molecule has 0 aliphatic rings. The van der Waals surface area contributed by atoms with Gasteiger partial charge in [-0.05, 0) is 26.0 Å². The van der Waals surface area contributed by atoms with Crippen LogP contribution in [0.25, 0.3) is 5.70 Å². The SMILES string of the molecule is CC(C)N=C(C=O)N/C=C(/c1cc(N)cc(O)c1)N(C)CCO.CO. The molecular formula is C17H28N4O4. The van der Waals surface area contributed by atoms with Crippen molar-refractivity contribution < 1.29 is 20.1 Å². The largest absolute Gasteiger partial charge is 0.508 e. The summed E-state index contributed by atoms with van der Waals surface area (Å²) in [6, 6.07) is 4.67. The van der Waals surface area contributed by atoms with Crippen LogP contribution < -0.4 is 11.1 Å². The van der Waals surface area contributed by atoms with Crippen LogP contribution in [0.3, 0.4) is 0 Å². The number of nitrogen functional groups attached to an aromatic ring is 1. The van der Waals surface area contributed by atoms with Crippen molar-refractivity contribution >= 4 is 23.5 Å². The van der Waals surface area contributed by atoms with Crippen LogP contribution in [0.2, 0.25) is 0 Å². The van der Waals surface area contributed by atoms with Crippen LogP contribution in [-0.2, 0) is 4.79 Å². The van der Waals surface area contributed by atoms with Crippen molar-refractivity contribution in [1.82, 2.24) is 10.2 Å². The number of nitrogens with zero attached hydrogens (tertiary/aromatic N) is 2. The molecule has 0 saturated heterocycles. The Morgan fingerprint density at radius 2 is 2.00 bits per heavy atom. The number of likely N-dealkylation sites (N-methyl/N-ethyl adjacent to an activating group) is 1. The van der Waals surface area contributed by atoms with Gasteiger partial charge in [0, 0.05) is 50.3 Å². The number of nitrogens with two attached hydrogens (primary N) is 1. The number of amidine groups is 1. The van der Waals surface area contributed by atoms with E-state index in [1.54, 1.807) is 30.3 Å². The number of rotatable bonds is 7. The molecule has 6 N–H and O–H groups in total. The number of anilines is 1. The molecule has 0 unspecified atom stereocenters. The highest BCUT2D eigenvalue weighted by molar-refractivity contribution is 6.27. The normalized spacial score (nSPS) is 11.6. The molecule has 0 aliphatic carbocycles. The summed E-state index contributed by atoms with van der Waals surface area (Å²) in [6.45, 7) is 4.07. The fourth-order valence-electron chi connectivity index (χ4n) is 1.99. The molecule has 0 radical (unpaired) electrons. The van der Waals surface area contributed by atoms with E-state index in [1.807, 2.05) is 13.8 Å². The van der Waals surface area contributed by atoms with Crippen molar-refractivity contribution in [2.24, 2.45) is 4.99 Å². The molecule has 1 aromatic carbocycles. The molecule has 1 rings (SSSR count). The Morgan fingerprint density at radius 1 is 1.36 bits per heavy atom. The van der Waals surface area contributed by atoms with Crippen LogP contribution in [0, 0.1) is 0 Å². The van der Waals surface area contributed by atoms with Gasteiger partial charge in [-0.25, -0.2) is 0 Å². The summed E-state index contributed by atoms with van der Waals surface area (Å²) in [5, 5.41) is 28.7. The number of aromatic hydroxyl groups is 1. The van der Waals surface area contributed by atoms with Crippen LogP contribution >= 0.6 is 0 Å². The monoisotopic (exact) mass is 352 g/mol. The molecule has 0 bridgehead atoms. The lowest BCUT2D eigenvalue weighted by atomic mass is 10.1. The zero-order valence-electron chi connectivity index (χ0n) is 15.1. The van der Waals surface area contributed by atoms with E-state index in [-0.39, 0.29) is 24.2 Å². The lowest BCUT2D eigenvalue weighted by molar-refractivity contribution is -0.102. The third kappa shape index (κ3) is 8.18. The van der Waals surface area contributed by atoms with Gasteiger partial charge in [-0.3, -0.25) is 9.79 Å². The summed E-state index contributed by atoms with van der Waals surface area (Å²) in [4.78, 5) is 17.0. The number of hydrogen-bond acceptors (Lipinski definition) is 7. The second-order valence-electron chi connectivity index (χ2n) is 5.36. The Hall–Kier alpha value is -2.58. The standard InChI is InChI=1S/C16H24N4O3.CH4O/c1-11(2)19-16(10-22)18-9-15(20(3)4-5-21)12-6-13(17)8-14(23)7-12;1-2/h6-11,21,23H,4-5,17H2,1-3H3,(H,18,19);2H,1H3/b15-9-;. The summed E-state index contributed by atoms with van der Waals surface area (Å²) in [7, 11) is 2.78. The predicted molar refractivity (Wildman–Crippen MR) is 100 cm³/mol. The number of carbonyl (C=O) groups excluding carboxylic acids is 1. The van der Waals surface area contributed by atoms with E-state index in [2.05, 4.69) is 10.3 Å². The topological polar surface area (TPSA) is 131 Å². The van der Waals surface area contributed by atoms with Gasteiger partial charge in [0.05, 0.1) is 12.3 Å². The highest BCUT2D eigenvalue weighted by Gasteiger charge is 2.10. The summed E-state index contributed by atoms with van der Waals surface area (Å²) < 4.78 is 0. The number of nitrogens with one attached hydrogen (secondary N) is 1. The number of aliphatic hydroxyl groups excluding tert-OH is 2.